The summed E-state index contributed by atoms with van der Waals surface area (Å²) in [6.45, 7) is 5.43. The van der Waals surface area contributed by atoms with Crippen LogP contribution in [0.4, 0.5) is 5.82 Å². The van der Waals surface area contributed by atoms with Crippen LogP contribution in [0.5, 0.6) is 0 Å². The molecule has 2 aromatic rings. The van der Waals surface area contributed by atoms with E-state index in [0.29, 0.717) is 6.61 Å². The van der Waals surface area contributed by atoms with Gasteiger partial charge in [-0.2, -0.15) is 0 Å². The van der Waals surface area contributed by atoms with Gasteiger partial charge in [-0.15, -0.1) is 0 Å². The number of benzene rings is 1. The van der Waals surface area contributed by atoms with Gasteiger partial charge in [0.2, 0.25) is 0 Å². The van der Waals surface area contributed by atoms with Crippen LogP contribution < -0.4 is 5.32 Å². The van der Waals surface area contributed by atoms with Crippen molar-refractivity contribution in [3.8, 4) is 11.4 Å². The van der Waals surface area contributed by atoms with E-state index in [9.17, 15) is 0 Å². The van der Waals surface area contributed by atoms with Crippen molar-refractivity contribution >= 4 is 28.4 Å². The van der Waals surface area contributed by atoms with Crippen LogP contribution in [0.2, 0.25) is 0 Å². The van der Waals surface area contributed by atoms with Gasteiger partial charge < -0.3 is 10.1 Å². The summed E-state index contributed by atoms with van der Waals surface area (Å²) in [5.41, 5.74) is 3.15. The molecule has 0 bridgehead atoms. The number of nitrogens with one attached hydrogen (secondary N) is 1. The summed E-state index contributed by atoms with van der Waals surface area (Å²) in [7, 11) is 1.68. The number of anilines is 1. The monoisotopic (exact) mass is 383 g/mol. The van der Waals surface area contributed by atoms with E-state index in [1.165, 1.54) is 5.56 Å². The van der Waals surface area contributed by atoms with E-state index in [2.05, 4.69) is 63.9 Å². The van der Waals surface area contributed by atoms with Crippen molar-refractivity contribution in [2.45, 2.75) is 20.5 Å². The van der Waals surface area contributed by atoms with Crippen LogP contribution >= 0.6 is 22.6 Å². The Bertz CT molecular complexity index is 557. The minimum absolute atomic E-state index is 0.484. The number of halogens is 1. The molecule has 1 heterocycles. The number of hydrogen-bond donors (Lipinski definition) is 1. The van der Waals surface area contributed by atoms with E-state index in [4.69, 9.17) is 4.74 Å². The van der Waals surface area contributed by atoms with Crippen LogP contribution in [0.15, 0.2) is 24.3 Å². The highest BCUT2D eigenvalue weighted by molar-refractivity contribution is 14.1. The maximum absolute atomic E-state index is 5.23. The predicted molar refractivity (Wildman–Crippen MR) is 89.8 cm³/mol. The van der Waals surface area contributed by atoms with E-state index >= 15 is 0 Å². The molecule has 0 aliphatic heterocycles. The second kappa shape index (κ2) is 6.99. The van der Waals surface area contributed by atoms with Crippen LogP contribution in [0.3, 0.4) is 0 Å². The molecular weight excluding hydrogens is 365 g/mol. The molecular formula is C15H18IN3O. The standard InChI is InChI=1S/C15H18IN3O/c1-4-17-15-13(16)12(9-20-3)18-14(19-15)11-7-5-10(2)6-8-11/h5-8H,4,9H2,1-3H3,(H,17,18,19). The maximum atomic E-state index is 5.23. The molecule has 0 saturated heterocycles. The Morgan fingerprint density at radius 2 is 1.90 bits per heavy atom. The van der Waals surface area contributed by atoms with Crippen molar-refractivity contribution < 1.29 is 4.74 Å². The fourth-order valence-electron chi connectivity index (χ4n) is 1.84. The highest BCUT2D eigenvalue weighted by atomic mass is 127. The van der Waals surface area contributed by atoms with E-state index < -0.39 is 0 Å². The zero-order chi connectivity index (χ0) is 14.5. The molecule has 0 unspecified atom stereocenters. The predicted octanol–water partition coefficient (Wildman–Crippen LogP) is 3.63. The first kappa shape index (κ1) is 15.2. The number of methoxy groups -OCH3 is 1. The van der Waals surface area contributed by atoms with E-state index in [1.54, 1.807) is 7.11 Å². The van der Waals surface area contributed by atoms with Crippen molar-refractivity contribution in [3.63, 3.8) is 0 Å². The van der Waals surface area contributed by atoms with Gasteiger partial charge in [0, 0.05) is 19.2 Å². The minimum Gasteiger partial charge on any atom is -0.378 e. The van der Waals surface area contributed by atoms with Gasteiger partial charge in [0.15, 0.2) is 5.82 Å². The first-order chi connectivity index (χ1) is 9.65. The van der Waals surface area contributed by atoms with Gasteiger partial charge in [0.25, 0.3) is 0 Å². The number of nitrogens with zero attached hydrogens (tertiary/aromatic N) is 2. The Labute approximate surface area is 133 Å². The second-order valence-electron chi connectivity index (χ2n) is 4.49. The van der Waals surface area contributed by atoms with Crippen LogP contribution in [0.25, 0.3) is 11.4 Å². The number of ether oxygens (including phenoxy) is 1. The van der Waals surface area contributed by atoms with Crippen molar-refractivity contribution in [1.82, 2.24) is 9.97 Å². The van der Waals surface area contributed by atoms with E-state index in [-0.39, 0.29) is 0 Å². The molecule has 4 nitrogen and oxygen atoms in total. The lowest BCUT2D eigenvalue weighted by atomic mass is 10.1. The summed E-state index contributed by atoms with van der Waals surface area (Å²) in [5.74, 6) is 1.60. The zero-order valence-electron chi connectivity index (χ0n) is 11.9. The van der Waals surface area contributed by atoms with Crippen LogP contribution in [-0.4, -0.2) is 23.6 Å². The second-order valence-corrected chi connectivity index (χ2v) is 5.56. The van der Waals surface area contributed by atoms with Gasteiger partial charge in [-0.25, -0.2) is 9.97 Å². The number of aryl methyl sites for hydroxylation is 1. The van der Waals surface area contributed by atoms with Crippen LogP contribution in [0.1, 0.15) is 18.2 Å². The summed E-state index contributed by atoms with van der Waals surface area (Å²) in [6, 6.07) is 8.23. The Morgan fingerprint density at radius 3 is 2.50 bits per heavy atom. The number of hydrogen-bond acceptors (Lipinski definition) is 4. The van der Waals surface area contributed by atoms with Gasteiger partial charge >= 0.3 is 0 Å². The molecule has 0 atom stereocenters. The summed E-state index contributed by atoms with van der Waals surface area (Å²) in [6.07, 6.45) is 0. The molecule has 106 valence electrons. The average Bonchev–Trinajstić information content (AvgIpc) is 2.44. The fourth-order valence-corrected chi connectivity index (χ4v) is 2.43. The number of aromatic nitrogens is 2. The van der Waals surface area contributed by atoms with Crippen molar-refractivity contribution in [2.24, 2.45) is 0 Å². The summed E-state index contributed by atoms with van der Waals surface area (Å²) in [4.78, 5) is 9.24. The average molecular weight is 383 g/mol. The molecule has 1 aromatic heterocycles. The third-order valence-corrected chi connectivity index (χ3v) is 3.99. The third kappa shape index (κ3) is 3.46. The van der Waals surface area contributed by atoms with Crippen LogP contribution in [-0.2, 0) is 11.3 Å². The molecule has 5 heteroatoms. The molecule has 0 amide bonds. The molecule has 1 aromatic carbocycles. The number of rotatable bonds is 5. The van der Waals surface area contributed by atoms with Crippen molar-refractivity contribution in [1.29, 1.82) is 0 Å². The lowest BCUT2D eigenvalue weighted by molar-refractivity contribution is 0.181. The first-order valence-electron chi connectivity index (χ1n) is 6.52. The smallest absolute Gasteiger partial charge is 0.161 e. The van der Waals surface area contributed by atoms with Gasteiger partial charge in [0.05, 0.1) is 15.9 Å². The maximum Gasteiger partial charge on any atom is 0.161 e. The molecule has 0 fully saturated rings. The lowest BCUT2D eigenvalue weighted by Crippen LogP contribution is -2.08. The Morgan fingerprint density at radius 1 is 1.20 bits per heavy atom. The zero-order valence-corrected chi connectivity index (χ0v) is 14.1. The SMILES string of the molecule is CCNc1nc(-c2ccc(C)cc2)nc(COC)c1I. The molecule has 0 radical (unpaired) electrons. The molecule has 2 rings (SSSR count). The van der Waals surface area contributed by atoms with E-state index in [1.807, 2.05) is 12.1 Å². The quantitative estimate of drug-likeness (QED) is 0.802. The highest BCUT2D eigenvalue weighted by Crippen LogP contribution is 2.24. The van der Waals surface area contributed by atoms with Gasteiger partial charge in [-0.3, -0.25) is 0 Å². The Balaban J connectivity index is 2.49. The van der Waals surface area contributed by atoms with Gasteiger partial charge in [-0.1, -0.05) is 29.8 Å². The van der Waals surface area contributed by atoms with Crippen LogP contribution in [0, 0.1) is 10.5 Å². The lowest BCUT2D eigenvalue weighted by Gasteiger charge is -2.12. The van der Waals surface area contributed by atoms with Gasteiger partial charge in [0.1, 0.15) is 5.82 Å². The molecule has 0 aliphatic carbocycles. The van der Waals surface area contributed by atoms with Crippen molar-refractivity contribution in [3.05, 3.63) is 39.1 Å². The molecule has 1 N–H and O–H groups in total. The Hall–Kier alpha value is -1.21. The summed E-state index contributed by atoms with van der Waals surface area (Å²) >= 11 is 2.26. The topological polar surface area (TPSA) is 47.0 Å². The highest BCUT2D eigenvalue weighted by Gasteiger charge is 2.12. The largest absolute Gasteiger partial charge is 0.378 e. The molecule has 0 aliphatic rings. The normalized spacial score (nSPS) is 10.6. The summed E-state index contributed by atoms with van der Waals surface area (Å²) < 4.78 is 6.24. The van der Waals surface area contributed by atoms with E-state index in [0.717, 1.165) is 33.0 Å². The minimum atomic E-state index is 0.484. The summed E-state index contributed by atoms with van der Waals surface area (Å²) in [5, 5.41) is 3.28. The fraction of sp³-hybridized carbons (Fsp3) is 0.333. The van der Waals surface area contributed by atoms with Crippen molar-refractivity contribution in [2.75, 3.05) is 19.0 Å². The van der Waals surface area contributed by atoms with Gasteiger partial charge in [-0.05, 0) is 36.4 Å². The molecule has 0 spiro atoms. The third-order valence-electron chi connectivity index (χ3n) is 2.85. The molecule has 20 heavy (non-hydrogen) atoms. The first-order valence-corrected chi connectivity index (χ1v) is 7.59. The molecule has 0 saturated carbocycles. The Kier molecular flexibility index (Phi) is 5.31.